The zero-order valence-electron chi connectivity index (χ0n) is 9.04. The molecule has 0 radical (unpaired) electrons. The van der Waals surface area contributed by atoms with E-state index in [2.05, 4.69) is 5.10 Å². The van der Waals surface area contributed by atoms with Crippen LogP contribution in [-0.4, -0.2) is 9.78 Å². The normalized spacial score (nSPS) is 10.8. The summed E-state index contributed by atoms with van der Waals surface area (Å²) in [6.07, 6.45) is -3.00. The molecule has 2 aromatic rings. The molecule has 1 aromatic carbocycles. The molecule has 0 aliphatic carbocycles. The lowest BCUT2D eigenvalue weighted by molar-refractivity contribution is 0.145. The average Bonchev–Trinajstić information content (AvgIpc) is 2.67. The molecule has 0 atom stereocenters. The topological polar surface area (TPSA) is 41.6 Å². The van der Waals surface area contributed by atoms with Gasteiger partial charge in [0, 0.05) is 0 Å². The minimum Gasteiger partial charge on any atom is -0.216 e. The van der Waals surface area contributed by atoms with E-state index in [1.807, 2.05) is 0 Å². The van der Waals surface area contributed by atoms with Crippen molar-refractivity contribution in [3.05, 3.63) is 45.4 Å². The Morgan fingerprint density at radius 3 is 2.47 bits per heavy atom. The smallest absolute Gasteiger partial charge is 0.216 e. The molecule has 0 amide bonds. The van der Waals surface area contributed by atoms with Crippen molar-refractivity contribution in [2.45, 2.75) is 6.43 Å². The van der Waals surface area contributed by atoms with Crippen molar-refractivity contribution < 1.29 is 13.2 Å². The highest BCUT2D eigenvalue weighted by molar-refractivity contribution is 6.33. The predicted molar refractivity (Wildman–Crippen MR) is 63.2 cm³/mol. The van der Waals surface area contributed by atoms with Crippen molar-refractivity contribution in [2.75, 3.05) is 0 Å². The van der Waals surface area contributed by atoms with Crippen LogP contribution in [0.2, 0.25) is 10.2 Å². The van der Waals surface area contributed by atoms with Crippen LogP contribution in [0.1, 0.15) is 17.7 Å². The van der Waals surface area contributed by atoms with Gasteiger partial charge in [-0.25, -0.2) is 17.9 Å². The van der Waals surface area contributed by atoms with Gasteiger partial charge in [-0.05, 0) is 12.1 Å². The highest BCUT2D eigenvalue weighted by Gasteiger charge is 2.25. The molecular weight excluding hydrogens is 302 g/mol. The van der Waals surface area contributed by atoms with Crippen LogP contribution in [0.25, 0.3) is 5.69 Å². The van der Waals surface area contributed by atoms with E-state index in [1.54, 1.807) is 0 Å². The molecular formula is C11H4Cl2F3N3. The van der Waals surface area contributed by atoms with Gasteiger partial charge in [-0.15, -0.1) is 0 Å². The standard InChI is InChI=1S/C11H4Cl2F3N3/c12-6-2-1-3-7(14)9(6)19-10(13)5(4-17)8(18-19)11(15)16/h1-3,11H. The number of nitriles is 1. The molecule has 1 aromatic heterocycles. The van der Waals surface area contributed by atoms with Crippen LogP contribution in [0, 0.1) is 17.1 Å². The summed E-state index contributed by atoms with van der Waals surface area (Å²) in [5.74, 6) is -0.790. The number of halogens is 5. The van der Waals surface area contributed by atoms with E-state index >= 15 is 0 Å². The number of aromatic nitrogens is 2. The molecule has 1 heterocycles. The van der Waals surface area contributed by atoms with Gasteiger partial charge in [-0.2, -0.15) is 10.4 Å². The molecule has 0 fully saturated rings. The van der Waals surface area contributed by atoms with Crippen LogP contribution in [0.3, 0.4) is 0 Å². The third-order valence-corrected chi connectivity index (χ3v) is 2.98. The minimum absolute atomic E-state index is 0.0605. The zero-order chi connectivity index (χ0) is 14.2. The SMILES string of the molecule is N#Cc1c(C(F)F)nn(-c2c(F)cccc2Cl)c1Cl. The molecule has 98 valence electrons. The maximum Gasteiger partial charge on any atom is 0.283 e. The molecule has 0 N–H and O–H groups in total. The van der Waals surface area contributed by atoms with E-state index in [0.717, 1.165) is 6.07 Å². The number of nitrogens with zero attached hydrogens (tertiary/aromatic N) is 3. The van der Waals surface area contributed by atoms with Crippen LogP contribution >= 0.6 is 23.2 Å². The monoisotopic (exact) mass is 305 g/mol. The van der Waals surface area contributed by atoms with Gasteiger partial charge in [-0.3, -0.25) is 0 Å². The van der Waals surface area contributed by atoms with Crippen LogP contribution in [0.5, 0.6) is 0 Å². The van der Waals surface area contributed by atoms with Crippen LogP contribution in [0.15, 0.2) is 18.2 Å². The van der Waals surface area contributed by atoms with E-state index < -0.39 is 28.7 Å². The number of para-hydroxylation sites is 1. The molecule has 8 heteroatoms. The number of hydrogen-bond donors (Lipinski definition) is 0. The van der Waals surface area contributed by atoms with Gasteiger partial charge in [0.1, 0.15) is 28.8 Å². The van der Waals surface area contributed by atoms with Crippen LogP contribution < -0.4 is 0 Å². The largest absolute Gasteiger partial charge is 0.283 e. The van der Waals surface area contributed by atoms with Crippen molar-refractivity contribution in [3.63, 3.8) is 0 Å². The number of benzene rings is 1. The summed E-state index contributed by atoms with van der Waals surface area (Å²) in [6.45, 7) is 0. The van der Waals surface area contributed by atoms with Crippen molar-refractivity contribution in [1.82, 2.24) is 9.78 Å². The summed E-state index contributed by atoms with van der Waals surface area (Å²) in [5.41, 5.74) is -1.60. The first-order valence-electron chi connectivity index (χ1n) is 4.88. The Morgan fingerprint density at radius 1 is 1.32 bits per heavy atom. The second-order valence-electron chi connectivity index (χ2n) is 3.45. The van der Waals surface area contributed by atoms with E-state index in [1.165, 1.54) is 18.2 Å². The lowest BCUT2D eigenvalue weighted by atomic mass is 10.3. The summed E-state index contributed by atoms with van der Waals surface area (Å²) in [6, 6.07) is 5.29. The first-order valence-corrected chi connectivity index (χ1v) is 5.64. The van der Waals surface area contributed by atoms with Gasteiger partial charge < -0.3 is 0 Å². The molecule has 3 nitrogen and oxygen atoms in total. The van der Waals surface area contributed by atoms with E-state index in [4.69, 9.17) is 28.5 Å². The number of alkyl halides is 2. The third-order valence-electron chi connectivity index (χ3n) is 2.32. The molecule has 0 spiro atoms. The molecule has 19 heavy (non-hydrogen) atoms. The first kappa shape index (κ1) is 13.7. The van der Waals surface area contributed by atoms with Gasteiger partial charge in [0.05, 0.1) is 5.02 Å². The van der Waals surface area contributed by atoms with E-state index in [9.17, 15) is 13.2 Å². The lowest BCUT2D eigenvalue weighted by Gasteiger charge is -2.06. The van der Waals surface area contributed by atoms with Gasteiger partial charge in [-0.1, -0.05) is 29.3 Å². The second kappa shape index (κ2) is 5.11. The molecule has 0 unspecified atom stereocenters. The fourth-order valence-corrected chi connectivity index (χ4v) is 2.01. The van der Waals surface area contributed by atoms with E-state index in [0.29, 0.717) is 4.68 Å². The fraction of sp³-hybridized carbons (Fsp3) is 0.0909. The highest BCUT2D eigenvalue weighted by atomic mass is 35.5. The summed E-state index contributed by atoms with van der Waals surface area (Å²) < 4.78 is 39.8. The van der Waals surface area contributed by atoms with Gasteiger partial charge >= 0.3 is 0 Å². The molecule has 2 rings (SSSR count). The first-order chi connectivity index (χ1) is 8.97. The molecule has 0 saturated carbocycles. The minimum atomic E-state index is -3.00. The summed E-state index contributed by atoms with van der Waals surface area (Å²) in [7, 11) is 0. The third kappa shape index (κ3) is 2.27. The Kier molecular flexibility index (Phi) is 3.69. The van der Waals surface area contributed by atoms with Gasteiger partial charge in [0.15, 0.2) is 5.15 Å². The molecule has 0 aliphatic heterocycles. The maximum atomic E-state index is 13.7. The maximum absolute atomic E-state index is 13.7. The quantitative estimate of drug-likeness (QED) is 0.837. The predicted octanol–water partition coefficient (Wildman–Crippen LogP) is 4.13. The Morgan fingerprint density at radius 2 is 2.00 bits per heavy atom. The van der Waals surface area contributed by atoms with Crippen LogP contribution in [0.4, 0.5) is 13.2 Å². The van der Waals surface area contributed by atoms with E-state index in [-0.39, 0.29) is 10.7 Å². The summed E-state index contributed by atoms with van der Waals surface area (Å²) in [5, 5.41) is 11.8. The van der Waals surface area contributed by atoms with Gasteiger partial charge in [0.2, 0.25) is 0 Å². The highest BCUT2D eigenvalue weighted by Crippen LogP contribution is 2.32. The van der Waals surface area contributed by atoms with Gasteiger partial charge in [0.25, 0.3) is 6.43 Å². The molecule has 0 aliphatic rings. The summed E-state index contributed by atoms with van der Waals surface area (Å²) >= 11 is 11.6. The van der Waals surface area contributed by atoms with Crippen LogP contribution in [-0.2, 0) is 0 Å². The Bertz CT molecular complexity index is 656. The lowest BCUT2D eigenvalue weighted by Crippen LogP contribution is -2.01. The van der Waals surface area contributed by atoms with Crippen molar-refractivity contribution in [1.29, 1.82) is 5.26 Å². The van der Waals surface area contributed by atoms with Crippen molar-refractivity contribution >= 4 is 23.2 Å². The Labute approximate surface area is 115 Å². The number of rotatable bonds is 2. The van der Waals surface area contributed by atoms with Crippen molar-refractivity contribution in [2.24, 2.45) is 0 Å². The second-order valence-corrected chi connectivity index (χ2v) is 4.21. The molecule has 0 bridgehead atoms. The number of hydrogen-bond acceptors (Lipinski definition) is 2. The Balaban J connectivity index is 2.75. The summed E-state index contributed by atoms with van der Waals surface area (Å²) in [4.78, 5) is 0. The van der Waals surface area contributed by atoms with Crippen molar-refractivity contribution in [3.8, 4) is 11.8 Å². The average molecular weight is 306 g/mol. The fourth-order valence-electron chi connectivity index (χ4n) is 1.51. The Hall–Kier alpha value is -1.71. The molecule has 0 saturated heterocycles. The zero-order valence-corrected chi connectivity index (χ0v) is 10.6.